The number of imide groups is 1. The Balaban J connectivity index is 1.14. The van der Waals surface area contributed by atoms with Crippen molar-refractivity contribution in [1.82, 2.24) is 4.90 Å². The highest BCUT2D eigenvalue weighted by molar-refractivity contribution is 6.05. The number of rotatable bonds is 4. The molecule has 2 saturated heterocycles. The van der Waals surface area contributed by atoms with Crippen LogP contribution in [0.15, 0.2) is 30.4 Å². The summed E-state index contributed by atoms with van der Waals surface area (Å²) >= 11 is 0. The molecular formula is C21H27N3O4+2. The van der Waals surface area contributed by atoms with Crippen LogP contribution < -0.4 is 19.3 Å². The number of ether oxygens (including phenoxy) is 2. The largest absolute Gasteiger partial charge is 0.454 e. The summed E-state index contributed by atoms with van der Waals surface area (Å²) in [6, 6.07) is 6.17. The lowest BCUT2D eigenvalue weighted by atomic mass is 9.85. The molecule has 7 nitrogen and oxygen atoms in total. The Hall–Kier alpha value is -2.38. The molecule has 2 amide bonds. The molecule has 3 heterocycles. The Labute approximate surface area is 164 Å². The van der Waals surface area contributed by atoms with E-state index in [4.69, 9.17) is 9.47 Å². The highest BCUT2D eigenvalue weighted by Crippen LogP contribution is 2.34. The van der Waals surface area contributed by atoms with Crippen LogP contribution in [0.25, 0.3) is 0 Å². The first-order valence-corrected chi connectivity index (χ1v) is 10.2. The van der Waals surface area contributed by atoms with E-state index < -0.39 is 0 Å². The summed E-state index contributed by atoms with van der Waals surface area (Å²) in [7, 11) is 0. The Kier molecular flexibility index (Phi) is 4.56. The topological polar surface area (TPSA) is 64.7 Å². The molecule has 5 rings (SSSR count). The fourth-order valence-electron chi connectivity index (χ4n) is 4.88. The monoisotopic (exact) mass is 385 g/mol. The molecule has 2 atom stereocenters. The Morgan fingerprint density at radius 2 is 1.54 bits per heavy atom. The molecule has 2 fully saturated rings. The summed E-state index contributed by atoms with van der Waals surface area (Å²) < 4.78 is 10.8. The normalized spacial score (nSPS) is 31.4. The first-order chi connectivity index (χ1) is 13.7. The van der Waals surface area contributed by atoms with Gasteiger partial charge in [-0.15, -0.1) is 0 Å². The zero-order chi connectivity index (χ0) is 19.1. The van der Waals surface area contributed by atoms with E-state index in [0.717, 1.165) is 44.2 Å². The van der Waals surface area contributed by atoms with Gasteiger partial charge in [-0.1, -0.05) is 12.2 Å². The number of fused-ring (bicyclic) bond motifs is 2. The zero-order valence-corrected chi connectivity index (χ0v) is 16.0. The lowest BCUT2D eigenvalue weighted by molar-refractivity contribution is -1.02. The second-order valence-electron chi connectivity index (χ2n) is 8.28. The van der Waals surface area contributed by atoms with E-state index in [2.05, 4.69) is 12.1 Å². The summed E-state index contributed by atoms with van der Waals surface area (Å²) in [5.41, 5.74) is 1.25. The van der Waals surface area contributed by atoms with Crippen LogP contribution in [0.1, 0.15) is 18.4 Å². The number of nitrogens with zero attached hydrogens (tertiary/aromatic N) is 1. The molecule has 1 aromatic rings. The number of piperazine rings is 1. The lowest BCUT2D eigenvalue weighted by Crippen LogP contribution is -3.28. The molecule has 1 aromatic carbocycles. The van der Waals surface area contributed by atoms with E-state index in [1.54, 1.807) is 4.90 Å². The molecule has 0 unspecified atom stereocenters. The summed E-state index contributed by atoms with van der Waals surface area (Å²) in [5, 5.41) is 0. The molecule has 0 spiro atoms. The summed E-state index contributed by atoms with van der Waals surface area (Å²) in [4.78, 5) is 29.7. The number of allylic oxidation sites excluding steroid dienone is 2. The number of nitrogens with one attached hydrogen (secondary N) is 2. The van der Waals surface area contributed by atoms with Crippen LogP contribution >= 0.6 is 0 Å². The average molecular weight is 385 g/mol. The predicted molar refractivity (Wildman–Crippen MR) is 99.7 cm³/mol. The van der Waals surface area contributed by atoms with E-state index in [9.17, 15) is 9.59 Å². The second kappa shape index (κ2) is 7.22. The van der Waals surface area contributed by atoms with Crippen LogP contribution in [0.3, 0.4) is 0 Å². The first-order valence-electron chi connectivity index (χ1n) is 10.2. The minimum absolute atomic E-state index is 0.0435. The van der Waals surface area contributed by atoms with Crippen molar-refractivity contribution < 1.29 is 28.9 Å². The van der Waals surface area contributed by atoms with Crippen molar-refractivity contribution >= 4 is 11.8 Å². The summed E-state index contributed by atoms with van der Waals surface area (Å²) in [6.45, 7) is 5.82. The van der Waals surface area contributed by atoms with Crippen molar-refractivity contribution in [3.05, 3.63) is 35.9 Å². The number of benzene rings is 1. The van der Waals surface area contributed by atoms with E-state index in [0.29, 0.717) is 26.3 Å². The van der Waals surface area contributed by atoms with Gasteiger partial charge >= 0.3 is 0 Å². The number of hydrogen-bond donors (Lipinski definition) is 2. The van der Waals surface area contributed by atoms with Crippen molar-refractivity contribution in [2.45, 2.75) is 19.4 Å². The van der Waals surface area contributed by atoms with Gasteiger partial charge in [0.15, 0.2) is 18.2 Å². The molecule has 0 aromatic heterocycles. The molecule has 0 radical (unpaired) electrons. The van der Waals surface area contributed by atoms with Crippen molar-refractivity contribution in [3.8, 4) is 11.5 Å². The van der Waals surface area contributed by atoms with Gasteiger partial charge in [-0.2, -0.15) is 0 Å². The molecule has 4 aliphatic rings. The van der Waals surface area contributed by atoms with Crippen molar-refractivity contribution in [2.75, 3.05) is 39.6 Å². The van der Waals surface area contributed by atoms with E-state index in [-0.39, 0.29) is 23.7 Å². The van der Waals surface area contributed by atoms with Crippen LogP contribution in [0, 0.1) is 11.8 Å². The Bertz CT molecular complexity index is 790. The van der Waals surface area contributed by atoms with Crippen LogP contribution in [0.4, 0.5) is 0 Å². The van der Waals surface area contributed by atoms with Crippen LogP contribution in [0.2, 0.25) is 0 Å². The predicted octanol–water partition coefficient (Wildman–Crippen LogP) is -1.39. The molecule has 0 bridgehead atoms. The molecule has 2 N–H and O–H groups in total. The Morgan fingerprint density at radius 1 is 0.893 bits per heavy atom. The van der Waals surface area contributed by atoms with Gasteiger partial charge in [-0.25, -0.2) is 4.90 Å². The molecular weight excluding hydrogens is 358 g/mol. The van der Waals surface area contributed by atoms with Gasteiger partial charge in [0, 0.05) is 5.56 Å². The third-order valence-electron chi connectivity index (χ3n) is 6.54. The number of likely N-dealkylation sites (tertiary alicyclic amines) is 1. The van der Waals surface area contributed by atoms with Gasteiger partial charge in [0.2, 0.25) is 18.6 Å². The van der Waals surface area contributed by atoms with Crippen LogP contribution in [-0.4, -0.2) is 56.4 Å². The third kappa shape index (κ3) is 3.18. The van der Waals surface area contributed by atoms with Gasteiger partial charge in [-0.05, 0) is 31.0 Å². The van der Waals surface area contributed by atoms with Crippen molar-refractivity contribution in [3.63, 3.8) is 0 Å². The van der Waals surface area contributed by atoms with Crippen LogP contribution in [-0.2, 0) is 16.1 Å². The smallest absolute Gasteiger partial charge is 0.237 e. The standard InChI is InChI=1S/C21H25N3O4/c25-20-16-3-1-2-4-17(16)21(26)24(20)13-23-9-7-22(8-10-23)12-15-5-6-18-19(11-15)28-14-27-18/h1-2,5-6,11,16-17H,3-4,7-10,12-14H2/p+2/t16-,17-/m0/s1. The highest BCUT2D eigenvalue weighted by Gasteiger charge is 2.48. The summed E-state index contributed by atoms with van der Waals surface area (Å²) in [5.74, 6) is 1.51. The third-order valence-corrected chi connectivity index (χ3v) is 6.54. The van der Waals surface area contributed by atoms with Gasteiger partial charge in [-0.3, -0.25) is 9.59 Å². The van der Waals surface area contributed by atoms with Gasteiger partial charge < -0.3 is 19.3 Å². The van der Waals surface area contributed by atoms with Gasteiger partial charge in [0.25, 0.3) is 0 Å². The highest BCUT2D eigenvalue weighted by atomic mass is 16.7. The molecule has 7 heteroatoms. The number of quaternary nitrogens is 2. The fourth-order valence-corrected chi connectivity index (χ4v) is 4.88. The minimum atomic E-state index is -0.116. The number of hydrogen-bond acceptors (Lipinski definition) is 4. The molecule has 28 heavy (non-hydrogen) atoms. The maximum absolute atomic E-state index is 12.7. The average Bonchev–Trinajstić information content (AvgIpc) is 3.28. The quantitative estimate of drug-likeness (QED) is 0.495. The van der Waals surface area contributed by atoms with Crippen LogP contribution in [0.5, 0.6) is 11.5 Å². The Morgan fingerprint density at radius 3 is 2.25 bits per heavy atom. The lowest BCUT2D eigenvalue weighted by Gasteiger charge is -2.31. The maximum atomic E-state index is 12.7. The van der Waals surface area contributed by atoms with Crippen molar-refractivity contribution in [2.24, 2.45) is 11.8 Å². The zero-order valence-electron chi connectivity index (χ0n) is 16.0. The molecule has 3 aliphatic heterocycles. The fraction of sp³-hybridized carbons (Fsp3) is 0.524. The number of carbonyl (C=O) groups excluding carboxylic acids is 2. The minimum Gasteiger partial charge on any atom is -0.454 e. The first kappa shape index (κ1) is 17.7. The summed E-state index contributed by atoms with van der Waals surface area (Å²) in [6.07, 6.45) is 5.52. The SMILES string of the molecule is O=C1[C@H]2CC=CC[C@@H]2C(=O)N1C[NH+]1CC[NH+](Cc2ccc3c(c2)OCO3)CC1. The van der Waals surface area contributed by atoms with Gasteiger partial charge in [0.1, 0.15) is 32.7 Å². The number of amides is 2. The van der Waals surface area contributed by atoms with E-state index in [1.165, 1.54) is 15.4 Å². The number of carbonyl (C=O) groups is 2. The molecule has 1 aliphatic carbocycles. The van der Waals surface area contributed by atoms with Crippen molar-refractivity contribution in [1.29, 1.82) is 0 Å². The van der Waals surface area contributed by atoms with E-state index >= 15 is 0 Å². The van der Waals surface area contributed by atoms with Gasteiger partial charge in [0.05, 0.1) is 11.8 Å². The second-order valence-corrected chi connectivity index (χ2v) is 8.28. The molecule has 0 saturated carbocycles. The maximum Gasteiger partial charge on any atom is 0.237 e. The molecule has 148 valence electrons. The van der Waals surface area contributed by atoms with E-state index in [1.807, 2.05) is 18.2 Å².